The molecule has 0 saturated carbocycles. The Hall–Kier alpha value is -1.07. The number of nitrogens with one attached hydrogen (secondary N) is 1. The summed E-state index contributed by atoms with van der Waals surface area (Å²) in [5.74, 6) is 0.542. The van der Waals surface area contributed by atoms with Crippen LogP contribution in [0, 0.1) is 0 Å². The lowest BCUT2D eigenvalue weighted by atomic mass is 10.4. The van der Waals surface area contributed by atoms with E-state index in [1.165, 1.54) is 0 Å². The van der Waals surface area contributed by atoms with E-state index in [2.05, 4.69) is 5.32 Å². The number of hydrogen-bond acceptors (Lipinski definition) is 4. The van der Waals surface area contributed by atoms with E-state index in [4.69, 9.17) is 14.2 Å². The molecule has 17 heavy (non-hydrogen) atoms. The van der Waals surface area contributed by atoms with Crippen LogP contribution < -0.4 is 5.32 Å². The number of carbonyl (C=O) groups excluding carboxylic acids is 1. The average Bonchev–Trinajstić information content (AvgIpc) is 2.29. The zero-order chi connectivity index (χ0) is 12.9. The molecule has 0 saturated heterocycles. The van der Waals surface area contributed by atoms with Crippen LogP contribution in [0.5, 0.6) is 0 Å². The third kappa shape index (κ3) is 11.2. The van der Waals surface area contributed by atoms with Crippen LogP contribution >= 0.6 is 0 Å². The Morgan fingerprint density at radius 3 is 2.59 bits per heavy atom. The molecule has 0 spiro atoms. The molecule has 0 aromatic carbocycles. The number of allylic oxidation sites excluding steroid dienone is 1. The van der Waals surface area contributed by atoms with Crippen LogP contribution in [0.3, 0.4) is 0 Å². The molecule has 100 valence electrons. The Morgan fingerprint density at radius 1 is 1.24 bits per heavy atom. The molecule has 1 amide bonds. The van der Waals surface area contributed by atoms with Gasteiger partial charge in [0.25, 0.3) is 0 Å². The van der Waals surface area contributed by atoms with Crippen LogP contribution in [0.1, 0.15) is 27.2 Å². The topological polar surface area (TPSA) is 56.8 Å². The molecule has 0 rings (SSSR count). The molecular formula is C12H23NO4. The van der Waals surface area contributed by atoms with Gasteiger partial charge < -0.3 is 19.5 Å². The molecule has 0 fully saturated rings. The number of amides is 1. The highest BCUT2D eigenvalue weighted by Gasteiger charge is 2.01. The minimum absolute atomic E-state index is 0.438. The molecule has 0 radical (unpaired) electrons. The van der Waals surface area contributed by atoms with Crippen molar-refractivity contribution in [2.24, 2.45) is 0 Å². The Labute approximate surface area is 103 Å². The van der Waals surface area contributed by atoms with Crippen molar-refractivity contribution in [3.63, 3.8) is 0 Å². The molecule has 0 aliphatic heterocycles. The smallest absolute Gasteiger partial charge is 0.412 e. The number of hydrogen-bond donors (Lipinski definition) is 1. The van der Waals surface area contributed by atoms with Gasteiger partial charge in [-0.05, 0) is 33.3 Å². The first-order chi connectivity index (χ1) is 8.20. The highest BCUT2D eigenvalue weighted by atomic mass is 16.6. The van der Waals surface area contributed by atoms with Gasteiger partial charge in [-0.3, -0.25) is 0 Å². The summed E-state index contributed by atoms with van der Waals surface area (Å²) < 4.78 is 15.2. The van der Waals surface area contributed by atoms with E-state index < -0.39 is 6.09 Å². The Bertz CT molecular complexity index is 229. The normalized spacial score (nSPS) is 11.4. The van der Waals surface area contributed by atoms with Crippen LogP contribution in [-0.2, 0) is 14.2 Å². The number of rotatable bonds is 9. The molecule has 5 nitrogen and oxygen atoms in total. The van der Waals surface area contributed by atoms with Crippen molar-refractivity contribution in [3.05, 3.63) is 11.8 Å². The number of alkyl carbamates (subject to hydrolysis) is 1. The van der Waals surface area contributed by atoms with Crippen molar-refractivity contribution < 1.29 is 19.0 Å². The maximum Gasteiger partial charge on any atom is 0.412 e. The molecule has 0 aromatic heterocycles. The highest BCUT2D eigenvalue weighted by Crippen LogP contribution is 1.96. The van der Waals surface area contributed by atoms with Crippen molar-refractivity contribution in [1.82, 2.24) is 5.32 Å². The molecule has 5 heteroatoms. The third-order valence-corrected chi connectivity index (χ3v) is 1.89. The van der Waals surface area contributed by atoms with Gasteiger partial charge in [-0.2, -0.15) is 0 Å². The maximum absolute atomic E-state index is 11.3. The van der Waals surface area contributed by atoms with Gasteiger partial charge in [-0.1, -0.05) is 0 Å². The van der Waals surface area contributed by atoms with Gasteiger partial charge in [0.05, 0.1) is 6.61 Å². The first-order valence-corrected chi connectivity index (χ1v) is 5.98. The van der Waals surface area contributed by atoms with E-state index in [-0.39, 0.29) is 0 Å². The van der Waals surface area contributed by atoms with Crippen molar-refractivity contribution in [2.45, 2.75) is 27.2 Å². The Morgan fingerprint density at radius 2 is 1.94 bits per heavy atom. The van der Waals surface area contributed by atoms with Gasteiger partial charge in [0.2, 0.25) is 0 Å². The first kappa shape index (κ1) is 15.9. The second-order valence-corrected chi connectivity index (χ2v) is 3.34. The van der Waals surface area contributed by atoms with Crippen LogP contribution in [0.25, 0.3) is 0 Å². The quantitative estimate of drug-likeness (QED) is 0.499. The zero-order valence-corrected chi connectivity index (χ0v) is 11.0. The van der Waals surface area contributed by atoms with Crippen molar-refractivity contribution in [1.29, 1.82) is 0 Å². The lowest BCUT2D eigenvalue weighted by Crippen LogP contribution is -2.25. The molecule has 0 heterocycles. The van der Waals surface area contributed by atoms with Gasteiger partial charge in [0.1, 0.15) is 5.76 Å². The van der Waals surface area contributed by atoms with Crippen molar-refractivity contribution in [3.8, 4) is 0 Å². The summed E-state index contributed by atoms with van der Waals surface area (Å²) in [6.07, 6.45) is 2.07. The monoisotopic (exact) mass is 245 g/mol. The van der Waals surface area contributed by atoms with Gasteiger partial charge in [-0.25, -0.2) is 4.79 Å². The van der Waals surface area contributed by atoms with Gasteiger partial charge in [0, 0.05) is 26.4 Å². The van der Waals surface area contributed by atoms with Gasteiger partial charge in [-0.15, -0.1) is 0 Å². The Balaban J connectivity index is 3.53. The number of ether oxygens (including phenoxy) is 3. The standard InChI is InChI=1S/C12H23NO4/c1-4-15-9-6-8-13-12(14)17-11(3)7-10-16-5-2/h7H,4-6,8-10H2,1-3H3,(H,13,14)/b11-7-. The van der Waals surface area contributed by atoms with Crippen LogP contribution in [0.15, 0.2) is 11.8 Å². The van der Waals surface area contributed by atoms with Crippen LogP contribution in [0.4, 0.5) is 4.79 Å². The van der Waals surface area contributed by atoms with Gasteiger partial charge in [0.15, 0.2) is 0 Å². The van der Waals surface area contributed by atoms with Crippen molar-refractivity contribution >= 4 is 6.09 Å². The summed E-state index contributed by atoms with van der Waals surface area (Å²) >= 11 is 0. The zero-order valence-electron chi connectivity index (χ0n) is 11.0. The minimum atomic E-state index is -0.438. The Kier molecular flexibility index (Phi) is 10.7. The summed E-state index contributed by atoms with van der Waals surface area (Å²) in [5.41, 5.74) is 0. The summed E-state index contributed by atoms with van der Waals surface area (Å²) in [5, 5.41) is 2.64. The molecule has 1 N–H and O–H groups in total. The van der Waals surface area contributed by atoms with E-state index >= 15 is 0 Å². The molecule has 0 bridgehead atoms. The lowest BCUT2D eigenvalue weighted by Gasteiger charge is -2.07. The summed E-state index contributed by atoms with van der Waals surface area (Å²) in [7, 11) is 0. The number of carbonyl (C=O) groups is 1. The minimum Gasteiger partial charge on any atom is -0.415 e. The molecule has 0 aromatic rings. The summed E-state index contributed by atoms with van der Waals surface area (Å²) in [4.78, 5) is 11.3. The summed E-state index contributed by atoms with van der Waals surface area (Å²) in [6, 6.07) is 0. The predicted octanol–water partition coefficient (Wildman–Crippen LogP) is 2.08. The van der Waals surface area contributed by atoms with E-state index in [1.54, 1.807) is 13.0 Å². The molecule has 0 aliphatic rings. The fourth-order valence-electron chi connectivity index (χ4n) is 1.03. The molecule has 0 aliphatic carbocycles. The SMILES string of the molecule is CCOC/C=C(/C)OC(=O)NCCCOCC. The lowest BCUT2D eigenvalue weighted by molar-refractivity contribution is 0.142. The molecule has 0 atom stereocenters. The van der Waals surface area contributed by atoms with Gasteiger partial charge >= 0.3 is 6.09 Å². The average molecular weight is 245 g/mol. The second-order valence-electron chi connectivity index (χ2n) is 3.34. The van der Waals surface area contributed by atoms with Crippen LogP contribution in [0.2, 0.25) is 0 Å². The van der Waals surface area contributed by atoms with E-state index in [0.717, 1.165) is 6.42 Å². The predicted molar refractivity (Wildman–Crippen MR) is 65.8 cm³/mol. The van der Waals surface area contributed by atoms with Crippen LogP contribution in [-0.4, -0.2) is 39.1 Å². The van der Waals surface area contributed by atoms with E-state index in [0.29, 0.717) is 38.7 Å². The maximum atomic E-state index is 11.3. The van der Waals surface area contributed by atoms with Crippen molar-refractivity contribution in [2.75, 3.05) is 33.0 Å². The molecular weight excluding hydrogens is 222 g/mol. The van der Waals surface area contributed by atoms with E-state index in [1.807, 2.05) is 13.8 Å². The fourth-order valence-corrected chi connectivity index (χ4v) is 1.03. The first-order valence-electron chi connectivity index (χ1n) is 5.98. The summed E-state index contributed by atoms with van der Waals surface area (Å²) in [6.45, 7) is 8.58. The third-order valence-electron chi connectivity index (χ3n) is 1.89. The fraction of sp³-hybridized carbons (Fsp3) is 0.750. The second kappa shape index (κ2) is 11.4. The highest BCUT2D eigenvalue weighted by molar-refractivity contribution is 5.68. The van der Waals surface area contributed by atoms with E-state index in [9.17, 15) is 4.79 Å². The molecule has 0 unspecified atom stereocenters. The largest absolute Gasteiger partial charge is 0.415 e.